The molecule has 1 fully saturated rings. The van der Waals surface area contributed by atoms with Crippen LogP contribution in [0.15, 0.2) is 12.1 Å². The van der Waals surface area contributed by atoms with Crippen molar-refractivity contribution in [3.05, 3.63) is 33.4 Å². The third kappa shape index (κ3) is 7.47. The number of halogens is 3. The molecule has 34 heavy (non-hydrogen) atoms. The number of ether oxygens (including phenoxy) is 3. The average Bonchev–Trinajstić information content (AvgIpc) is 2.73. The Morgan fingerprint density at radius 2 is 1.76 bits per heavy atom. The summed E-state index contributed by atoms with van der Waals surface area (Å²) in [5.41, 5.74) is -1.79. The Morgan fingerprint density at radius 1 is 1.15 bits per heavy atom. The lowest BCUT2D eigenvalue weighted by atomic mass is 10.1. The van der Waals surface area contributed by atoms with Gasteiger partial charge in [-0.05, 0) is 27.7 Å². The summed E-state index contributed by atoms with van der Waals surface area (Å²) >= 11 is 0. The molecule has 1 aromatic carbocycles. The van der Waals surface area contributed by atoms with Gasteiger partial charge in [0.05, 0.1) is 11.5 Å². The normalized spacial score (nSPS) is 15.7. The minimum atomic E-state index is -3.47. The number of carbonyl (C=O) groups excluding carboxylic acids is 2. The molecule has 0 bridgehead atoms. The lowest BCUT2D eigenvalue weighted by Gasteiger charge is -2.35. The highest BCUT2D eigenvalue weighted by atomic mass is 19.3. The van der Waals surface area contributed by atoms with Crippen LogP contribution in [0.3, 0.4) is 0 Å². The molecule has 1 amide bonds. The largest absolute Gasteiger partial charge is 0.462 e. The van der Waals surface area contributed by atoms with Crippen LogP contribution < -0.4 is 4.74 Å². The molecule has 0 saturated carbocycles. The van der Waals surface area contributed by atoms with Crippen LogP contribution >= 0.6 is 0 Å². The van der Waals surface area contributed by atoms with Crippen molar-refractivity contribution in [1.82, 2.24) is 9.80 Å². The summed E-state index contributed by atoms with van der Waals surface area (Å²) in [6, 6.07) is 1.83. The molecule has 10 nitrogen and oxygen atoms in total. The molecule has 1 aliphatic rings. The first-order chi connectivity index (χ1) is 15.8. The molecule has 1 unspecified atom stereocenters. The van der Waals surface area contributed by atoms with Crippen molar-refractivity contribution >= 4 is 17.7 Å². The maximum absolute atomic E-state index is 13.7. The van der Waals surface area contributed by atoms with Crippen LogP contribution in [-0.4, -0.2) is 78.0 Å². The quantitative estimate of drug-likeness (QED) is 0.307. The van der Waals surface area contributed by atoms with E-state index in [1.807, 2.05) is 0 Å². The zero-order chi connectivity index (χ0) is 25.6. The third-order valence-electron chi connectivity index (χ3n) is 4.73. The first kappa shape index (κ1) is 27.2. The van der Waals surface area contributed by atoms with Gasteiger partial charge in [0, 0.05) is 50.4 Å². The highest BCUT2D eigenvalue weighted by Gasteiger charge is 2.30. The van der Waals surface area contributed by atoms with Crippen LogP contribution in [0, 0.1) is 10.1 Å². The first-order valence-corrected chi connectivity index (χ1v) is 10.6. The average molecular weight is 491 g/mol. The number of alkyl halides is 3. The van der Waals surface area contributed by atoms with Gasteiger partial charge in [0.15, 0.2) is 0 Å². The Hall–Kier alpha value is -3.09. The molecule has 1 atom stereocenters. The van der Waals surface area contributed by atoms with Crippen molar-refractivity contribution in [1.29, 1.82) is 0 Å². The summed E-state index contributed by atoms with van der Waals surface area (Å²) in [4.78, 5) is 38.4. The van der Waals surface area contributed by atoms with Crippen LogP contribution in [-0.2, 0) is 16.0 Å². The van der Waals surface area contributed by atoms with E-state index in [1.165, 1.54) is 11.8 Å². The highest BCUT2D eigenvalue weighted by molar-refractivity contribution is 5.94. The molecule has 13 heteroatoms. The van der Waals surface area contributed by atoms with E-state index in [-0.39, 0.29) is 31.8 Å². The van der Waals surface area contributed by atoms with Gasteiger partial charge >= 0.3 is 18.5 Å². The number of nitro groups is 1. The molecule has 1 heterocycles. The summed E-state index contributed by atoms with van der Waals surface area (Å²) in [6.45, 7) is 7.85. The fourth-order valence-electron chi connectivity index (χ4n) is 3.20. The van der Waals surface area contributed by atoms with Crippen LogP contribution in [0.25, 0.3) is 0 Å². The molecule has 2 rings (SSSR count). The van der Waals surface area contributed by atoms with Crippen LogP contribution in [0.2, 0.25) is 0 Å². The maximum Gasteiger partial charge on any atom is 0.410 e. The van der Waals surface area contributed by atoms with Gasteiger partial charge in [0.2, 0.25) is 0 Å². The van der Waals surface area contributed by atoms with Crippen molar-refractivity contribution in [3.8, 4) is 5.75 Å². The van der Waals surface area contributed by atoms with E-state index < -0.39 is 52.4 Å². The van der Waals surface area contributed by atoms with E-state index >= 15 is 0 Å². The number of nitrogens with zero attached hydrogens (tertiary/aromatic N) is 3. The van der Waals surface area contributed by atoms with Crippen molar-refractivity contribution in [2.45, 2.75) is 52.6 Å². The Kier molecular flexibility index (Phi) is 9.07. The summed E-state index contributed by atoms with van der Waals surface area (Å²) in [5.74, 6) is -1.50. The Balaban J connectivity index is 2.27. The highest BCUT2D eigenvalue weighted by Crippen LogP contribution is 2.32. The number of piperazine rings is 1. The van der Waals surface area contributed by atoms with E-state index in [9.17, 15) is 32.9 Å². The SMILES string of the molecule is CCOC(=O)c1cc(OC(F)C(F)F)c(CN2CCN(C(=O)OC(C)(C)C)CC2)cc1[N+](=O)[O-]. The molecule has 1 aliphatic heterocycles. The number of hydrogen-bond donors (Lipinski definition) is 0. The summed E-state index contributed by atoms with van der Waals surface area (Å²) < 4.78 is 54.1. The number of carbonyl (C=O) groups is 2. The smallest absolute Gasteiger partial charge is 0.410 e. The second-order valence-corrected chi connectivity index (χ2v) is 8.50. The van der Waals surface area contributed by atoms with Gasteiger partial charge in [-0.1, -0.05) is 0 Å². The lowest BCUT2D eigenvalue weighted by molar-refractivity contribution is -0.385. The molecule has 190 valence electrons. The Morgan fingerprint density at radius 3 is 2.26 bits per heavy atom. The number of benzene rings is 1. The summed E-state index contributed by atoms with van der Waals surface area (Å²) in [7, 11) is 0. The van der Waals surface area contributed by atoms with Gasteiger partial charge < -0.3 is 19.1 Å². The van der Waals surface area contributed by atoms with E-state index in [1.54, 1.807) is 25.7 Å². The molecule has 0 N–H and O–H groups in total. The van der Waals surface area contributed by atoms with E-state index in [4.69, 9.17) is 14.2 Å². The van der Waals surface area contributed by atoms with Crippen LogP contribution in [0.5, 0.6) is 5.75 Å². The molecular formula is C21H28F3N3O7. The van der Waals surface area contributed by atoms with Crippen LogP contribution in [0.4, 0.5) is 23.7 Å². The van der Waals surface area contributed by atoms with Gasteiger partial charge in [-0.2, -0.15) is 4.39 Å². The van der Waals surface area contributed by atoms with Crippen molar-refractivity contribution in [3.63, 3.8) is 0 Å². The fourth-order valence-corrected chi connectivity index (χ4v) is 3.20. The number of rotatable bonds is 8. The lowest BCUT2D eigenvalue weighted by Crippen LogP contribution is -2.49. The number of amides is 1. The minimum absolute atomic E-state index is 0.0304. The molecular weight excluding hydrogens is 463 g/mol. The first-order valence-electron chi connectivity index (χ1n) is 10.6. The zero-order valence-electron chi connectivity index (χ0n) is 19.4. The predicted octanol–water partition coefficient (Wildman–Crippen LogP) is 3.76. The number of esters is 1. The molecule has 1 saturated heterocycles. The summed E-state index contributed by atoms with van der Waals surface area (Å²) in [6.07, 6.45) is -6.95. The van der Waals surface area contributed by atoms with Gasteiger partial charge in [-0.25, -0.2) is 18.4 Å². The van der Waals surface area contributed by atoms with Gasteiger partial charge in [0.25, 0.3) is 12.0 Å². The topological polar surface area (TPSA) is 111 Å². The number of nitro benzene ring substituents is 1. The van der Waals surface area contributed by atoms with Gasteiger partial charge in [-0.15, -0.1) is 0 Å². The standard InChI is InChI=1S/C21H28F3N3O7/c1-5-32-19(28)14-11-16(33-18(24)17(22)23)13(10-15(14)27(30)31)12-25-6-8-26(9-7-25)20(29)34-21(2,3)4/h10-11,17-18H,5-9,12H2,1-4H3. The summed E-state index contributed by atoms with van der Waals surface area (Å²) in [5, 5.41) is 11.5. The van der Waals surface area contributed by atoms with Crippen LogP contribution in [0.1, 0.15) is 43.6 Å². The fraction of sp³-hybridized carbons (Fsp3) is 0.619. The van der Waals surface area contributed by atoms with Gasteiger partial charge in [0.1, 0.15) is 16.9 Å². The predicted molar refractivity (Wildman–Crippen MR) is 114 cm³/mol. The second-order valence-electron chi connectivity index (χ2n) is 8.50. The molecule has 1 aromatic rings. The van der Waals surface area contributed by atoms with Crippen molar-refractivity contribution in [2.24, 2.45) is 0 Å². The zero-order valence-corrected chi connectivity index (χ0v) is 19.4. The van der Waals surface area contributed by atoms with Crippen molar-refractivity contribution in [2.75, 3.05) is 32.8 Å². The molecule has 0 aliphatic carbocycles. The molecule has 0 aromatic heterocycles. The third-order valence-corrected chi connectivity index (χ3v) is 4.73. The Bertz CT molecular complexity index is 900. The molecule has 0 radical (unpaired) electrons. The maximum atomic E-state index is 13.7. The van der Waals surface area contributed by atoms with E-state index in [2.05, 4.69) is 0 Å². The minimum Gasteiger partial charge on any atom is -0.462 e. The molecule has 0 spiro atoms. The van der Waals surface area contributed by atoms with Gasteiger partial charge in [-0.3, -0.25) is 15.0 Å². The second kappa shape index (κ2) is 11.4. The van der Waals surface area contributed by atoms with E-state index in [0.29, 0.717) is 13.1 Å². The van der Waals surface area contributed by atoms with Crippen molar-refractivity contribution < 1.29 is 41.9 Å². The Labute approximate surface area is 194 Å². The monoisotopic (exact) mass is 491 g/mol. The number of hydrogen-bond acceptors (Lipinski definition) is 8. The van der Waals surface area contributed by atoms with E-state index in [0.717, 1.165) is 12.1 Å².